The molecule has 2 heterocycles. The summed E-state index contributed by atoms with van der Waals surface area (Å²) in [6.07, 6.45) is 3.39. The molecule has 0 radical (unpaired) electrons. The number of carbonyl (C=O) groups excluding carboxylic acids is 1. The van der Waals surface area contributed by atoms with Crippen LogP contribution in [0.25, 0.3) is 16.2 Å². The molecule has 26 heavy (non-hydrogen) atoms. The number of amides is 1. The van der Waals surface area contributed by atoms with Crippen molar-refractivity contribution in [2.45, 2.75) is 13.0 Å². The number of hydrogen-bond donors (Lipinski definition) is 1. The Labute approximate surface area is 154 Å². The number of imidazole rings is 1. The molecule has 0 aliphatic heterocycles. The topological polar surface area (TPSA) is 55.6 Å². The Morgan fingerprint density at radius 1 is 1.15 bits per heavy atom. The monoisotopic (exact) mass is 363 g/mol. The fraction of sp³-hybridized carbons (Fsp3) is 0.100. The lowest BCUT2D eigenvalue weighted by Crippen LogP contribution is -2.30. The highest BCUT2D eigenvalue weighted by atomic mass is 32.1. The predicted octanol–water partition coefficient (Wildman–Crippen LogP) is 4.47. The van der Waals surface area contributed by atoms with E-state index in [1.165, 1.54) is 0 Å². The van der Waals surface area contributed by atoms with Crippen LogP contribution in [0.1, 0.15) is 6.92 Å². The number of carbonyl (C=O) groups is 1. The van der Waals surface area contributed by atoms with Gasteiger partial charge in [-0.15, -0.1) is 11.3 Å². The second-order valence-corrected chi connectivity index (χ2v) is 6.73. The van der Waals surface area contributed by atoms with Crippen LogP contribution in [-0.4, -0.2) is 21.4 Å². The first-order valence-electron chi connectivity index (χ1n) is 8.24. The molecule has 0 saturated heterocycles. The molecule has 2 aromatic carbocycles. The summed E-state index contributed by atoms with van der Waals surface area (Å²) < 4.78 is 7.64. The molecular formula is C20H17N3O2S. The lowest BCUT2D eigenvalue weighted by molar-refractivity contribution is -0.122. The van der Waals surface area contributed by atoms with Crippen LogP contribution in [0.2, 0.25) is 0 Å². The minimum atomic E-state index is -0.586. The highest BCUT2D eigenvalue weighted by Crippen LogP contribution is 2.23. The standard InChI is InChI=1S/C20H17N3O2S/c1-14(25-17-5-3-2-4-6-17)19(24)21-16-9-7-15(8-10-16)18-13-23-11-12-26-20(23)22-18/h2-14H,1H3,(H,21,24). The van der Waals surface area contributed by atoms with E-state index in [4.69, 9.17) is 4.74 Å². The molecule has 0 bridgehead atoms. The van der Waals surface area contributed by atoms with Gasteiger partial charge in [-0.1, -0.05) is 30.3 Å². The van der Waals surface area contributed by atoms with Crippen molar-refractivity contribution in [1.29, 1.82) is 0 Å². The zero-order chi connectivity index (χ0) is 17.9. The van der Waals surface area contributed by atoms with Crippen LogP contribution >= 0.6 is 11.3 Å². The van der Waals surface area contributed by atoms with Crippen LogP contribution in [0, 0.1) is 0 Å². The summed E-state index contributed by atoms with van der Waals surface area (Å²) in [7, 11) is 0. The summed E-state index contributed by atoms with van der Waals surface area (Å²) >= 11 is 1.60. The summed E-state index contributed by atoms with van der Waals surface area (Å²) in [4.78, 5) is 17.8. The average molecular weight is 363 g/mol. The van der Waals surface area contributed by atoms with E-state index in [1.54, 1.807) is 18.3 Å². The summed E-state index contributed by atoms with van der Waals surface area (Å²) in [6.45, 7) is 1.73. The van der Waals surface area contributed by atoms with Crippen LogP contribution in [0.4, 0.5) is 5.69 Å². The number of nitrogens with one attached hydrogen (secondary N) is 1. The maximum atomic E-state index is 12.3. The Hall–Kier alpha value is -3.12. The quantitative estimate of drug-likeness (QED) is 0.569. The number of benzene rings is 2. The van der Waals surface area contributed by atoms with Gasteiger partial charge in [-0.2, -0.15) is 0 Å². The third-order valence-electron chi connectivity index (χ3n) is 3.97. The lowest BCUT2D eigenvalue weighted by atomic mass is 10.1. The highest BCUT2D eigenvalue weighted by Gasteiger charge is 2.15. The number of rotatable bonds is 5. The van der Waals surface area contributed by atoms with Crippen LogP contribution in [0.5, 0.6) is 5.75 Å². The van der Waals surface area contributed by atoms with E-state index in [2.05, 4.69) is 10.3 Å². The first-order chi connectivity index (χ1) is 12.7. The molecule has 1 N–H and O–H groups in total. The van der Waals surface area contributed by atoms with Crippen molar-refractivity contribution in [3.63, 3.8) is 0 Å². The molecule has 6 heteroatoms. The molecule has 0 saturated carbocycles. The molecule has 5 nitrogen and oxygen atoms in total. The van der Waals surface area contributed by atoms with Gasteiger partial charge in [0.25, 0.3) is 5.91 Å². The number of anilines is 1. The van der Waals surface area contributed by atoms with Crippen molar-refractivity contribution in [1.82, 2.24) is 9.38 Å². The average Bonchev–Trinajstić information content (AvgIpc) is 3.25. The minimum Gasteiger partial charge on any atom is -0.481 e. The molecule has 0 fully saturated rings. The van der Waals surface area contributed by atoms with E-state index in [1.807, 2.05) is 76.8 Å². The lowest BCUT2D eigenvalue weighted by Gasteiger charge is -2.14. The number of nitrogens with zero attached hydrogens (tertiary/aromatic N) is 2. The zero-order valence-corrected chi connectivity index (χ0v) is 14.9. The number of para-hydroxylation sites is 1. The van der Waals surface area contributed by atoms with E-state index in [9.17, 15) is 4.79 Å². The number of aromatic nitrogens is 2. The maximum Gasteiger partial charge on any atom is 0.265 e. The van der Waals surface area contributed by atoms with Gasteiger partial charge in [-0.25, -0.2) is 4.98 Å². The van der Waals surface area contributed by atoms with Crippen molar-refractivity contribution >= 4 is 27.9 Å². The molecule has 0 spiro atoms. The first kappa shape index (κ1) is 16.4. The Morgan fingerprint density at radius 3 is 2.65 bits per heavy atom. The van der Waals surface area contributed by atoms with E-state index >= 15 is 0 Å². The smallest absolute Gasteiger partial charge is 0.265 e. The van der Waals surface area contributed by atoms with Crippen LogP contribution in [0.15, 0.2) is 72.4 Å². The van der Waals surface area contributed by atoms with Gasteiger partial charge in [-0.05, 0) is 31.2 Å². The number of fused-ring (bicyclic) bond motifs is 1. The third-order valence-corrected chi connectivity index (χ3v) is 4.74. The Bertz CT molecular complexity index is 994. The Kier molecular flexibility index (Phi) is 4.41. The summed E-state index contributed by atoms with van der Waals surface area (Å²) in [5.41, 5.74) is 2.64. The first-order valence-corrected chi connectivity index (χ1v) is 9.12. The molecule has 0 aliphatic rings. The molecule has 1 unspecified atom stereocenters. The SMILES string of the molecule is CC(Oc1ccccc1)C(=O)Nc1ccc(-c2cn3ccsc3n2)cc1. The second-order valence-electron chi connectivity index (χ2n) is 5.86. The second kappa shape index (κ2) is 7.01. The number of thiazole rings is 1. The fourth-order valence-electron chi connectivity index (χ4n) is 2.59. The Balaban J connectivity index is 1.42. The molecule has 130 valence electrons. The molecule has 1 atom stereocenters. The van der Waals surface area contributed by atoms with Gasteiger partial charge in [0.1, 0.15) is 5.75 Å². The van der Waals surface area contributed by atoms with E-state index in [-0.39, 0.29) is 5.91 Å². The van der Waals surface area contributed by atoms with Gasteiger partial charge in [0.15, 0.2) is 11.1 Å². The zero-order valence-electron chi connectivity index (χ0n) is 14.1. The number of hydrogen-bond acceptors (Lipinski definition) is 4. The normalized spacial score (nSPS) is 12.0. The van der Waals surface area contributed by atoms with Crippen molar-refractivity contribution in [2.24, 2.45) is 0 Å². The fourth-order valence-corrected chi connectivity index (χ4v) is 3.29. The molecule has 1 amide bonds. The summed E-state index contributed by atoms with van der Waals surface area (Å²) in [5.74, 6) is 0.481. The maximum absolute atomic E-state index is 12.3. The highest BCUT2D eigenvalue weighted by molar-refractivity contribution is 7.15. The van der Waals surface area contributed by atoms with Crippen molar-refractivity contribution in [2.75, 3.05) is 5.32 Å². The molecule has 2 aromatic heterocycles. The van der Waals surface area contributed by atoms with Gasteiger partial charge in [-0.3, -0.25) is 9.20 Å². The minimum absolute atomic E-state index is 0.191. The molecule has 0 aliphatic carbocycles. The summed E-state index contributed by atoms with van der Waals surface area (Å²) in [5, 5.41) is 4.88. The van der Waals surface area contributed by atoms with Gasteiger partial charge >= 0.3 is 0 Å². The van der Waals surface area contributed by atoms with Crippen molar-refractivity contribution < 1.29 is 9.53 Å². The van der Waals surface area contributed by atoms with Gasteiger partial charge < -0.3 is 10.1 Å². The van der Waals surface area contributed by atoms with E-state index < -0.39 is 6.10 Å². The molecular weight excluding hydrogens is 346 g/mol. The Morgan fingerprint density at radius 2 is 1.92 bits per heavy atom. The van der Waals surface area contributed by atoms with Crippen LogP contribution < -0.4 is 10.1 Å². The van der Waals surface area contributed by atoms with E-state index in [0.717, 1.165) is 21.9 Å². The van der Waals surface area contributed by atoms with Crippen LogP contribution in [0.3, 0.4) is 0 Å². The predicted molar refractivity (Wildman–Crippen MR) is 104 cm³/mol. The van der Waals surface area contributed by atoms with Gasteiger partial charge in [0.05, 0.1) is 5.69 Å². The third kappa shape index (κ3) is 3.45. The van der Waals surface area contributed by atoms with Crippen molar-refractivity contribution in [3.8, 4) is 17.0 Å². The molecule has 4 rings (SSSR count). The van der Waals surface area contributed by atoms with Crippen LogP contribution in [-0.2, 0) is 4.79 Å². The summed E-state index contributed by atoms with van der Waals surface area (Å²) in [6, 6.07) is 16.9. The van der Waals surface area contributed by atoms with Gasteiger partial charge in [0, 0.05) is 29.0 Å². The van der Waals surface area contributed by atoms with Gasteiger partial charge in [0.2, 0.25) is 0 Å². The van der Waals surface area contributed by atoms with E-state index in [0.29, 0.717) is 5.75 Å². The largest absolute Gasteiger partial charge is 0.481 e. The molecule has 4 aromatic rings. The van der Waals surface area contributed by atoms with Crippen molar-refractivity contribution in [3.05, 3.63) is 72.4 Å². The number of ether oxygens (including phenoxy) is 1.